The van der Waals surface area contributed by atoms with Crippen molar-refractivity contribution in [3.63, 3.8) is 0 Å². The van der Waals surface area contributed by atoms with Gasteiger partial charge in [0.2, 0.25) is 5.91 Å². The van der Waals surface area contributed by atoms with E-state index in [2.05, 4.69) is 10.6 Å². The van der Waals surface area contributed by atoms with E-state index in [4.69, 9.17) is 4.74 Å². The summed E-state index contributed by atoms with van der Waals surface area (Å²) in [5, 5.41) is 5.46. The summed E-state index contributed by atoms with van der Waals surface area (Å²) in [5.41, 5.74) is 0.905. The quantitative estimate of drug-likeness (QED) is 0.824. The van der Waals surface area contributed by atoms with Crippen molar-refractivity contribution in [2.45, 2.75) is 44.2 Å². The van der Waals surface area contributed by atoms with E-state index in [1.54, 1.807) is 30.0 Å². The summed E-state index contributed by atoms with van der Waals surface area (Å²) in [5.74, 6) is -0.309. The first-order valence-corrected chi connectivity index (χ1v) is 8.43. The molecule has 0 aliphatic carbocycles. The van der Waals surface area contributed by atoms with E-state index in [1.165, 1.54) is 6.92 Å². The van der Waals surface area contributed by atoms with Crippen molar-refractivity contribution >= 4 is 35.2 Å². The summed E-state index contributed by atoms with van der Waals surface area (Å²) in [6.45, 7) is 5.19. The number of benzene rings is 1. The smallest absolute Gasteiger partial charge is 0.338 e. The molecule has 0 saturated heterocycles. The average Bonchev–Trinajstić information content (AvgIpc) is 2.65. The highest BCUT2D eigenvalue weighted by Gasteiger charge is 2.21. The molecule has 0 spiro atoms. The maximum atomic E-state index is 12.2. The van der Waals surface area contributed by atoms with E-state index < -0.39 is 12.1 Å². The zero-order valence-electron chi connectivity index (χ0n) is 13.3. The molecule has 6 nitrogen and oxygen atoms in total. The third kappa shape index (κ3) is 4.72. The van der Waals surface area contributed by atoms with Gasteiger partial charge < -0.3 is 15.4 Å². The largest absolute Gasteiger partial charge is 0.449 e. The van der Waals surface area contributed by atoms with Crippen LogP contribution in [-0.4, -0.2) is 35.7 Å². The Balaban J connectivity index is 2.08. The summed E-state index contributed by atoms with van der Waals surface area (Å²) in [6.07, 6.45) is -0.446. The molecule has 0 radical (unpaired) electrons. The fraction of sp³-hybridized carbons (Fsp3) is 0.438. The van der Waals surface area contributed by atoms with Crippen molar-refractivity contribution in [1.82, 2.24) is 5.32 Å². The minimum atomic E-state index is -0.882. The molecule has 2 N–H and O–H groups in total. The summed E-state index contributed by atoms with van der Waals surface area (Å²) in [4.78, 5) is 36.5. The average molecular weight is 336 g/mol. The minimum absolute atomic E-state index is 0.0246. The lowest BCUT2D eigenvalue weighted by Crippen LogP contribution is -2.39. The Bertz CT molecular complexity index is 631. The number of carbonyl (C=O) groups is 3. The van der Waals surface area contributed by atoms with Crippen molar-refractivity contribution < 1.29 is 19.1 Å². The first kappa shape index (κ1) is 17.3. The molecule has 0 aromatic heterocycles. The molecule has 1 atom stereocenters. The van der Waals surface area contributed by atoms with E-state index in [0.717, 1.165) is 4.90 Å². The molecule has 1 aromatic carbocycles. The van der Waals surface area contributed by atoms with E-state index in [0.29, 0.717) is 23.4 Å². The van der Waals surface area contributed by atoms with Crippen molar-refractivity contribution in [3.05, 3.63) is 23.8 Å². The number of fused-ring (bicyclic) bond motifs is 1. The van der Waals surface area contributed by atoms with Crippen LogP contribution in [0.5, 0.6) is 0 Å². The van der Waals surface area contributed by atoms with Gasteiger partial charge in [-0.25, -0.2) is 4.79 Å². The normalized spacial score (nSPS) is 15.2. The second-order valence-electron chi connectivity index (χ2n) is 5.57. The fourth-order valence-electron chi connectivity index (χ4n) is 2.03. The lowest BCUT2D eigenvalue weighted by atomic mass is 10.2. The van der Waals surface area contributed by atoms with Gasteiger partial charge in [0, 0.05) is 23.1 Å². The summed E-state index contributed by atoms with van der Waals surface area (Å²) in [6, 6.07) is 4.98. The molecule has 0 unspecified atom stereocenters. The Morgan fingerprint density at radius 1 is 1.30 bits per heavy atom. The van der Waals surface area contributed by atoms with Crippen molar-refractivity contribution in [3.8, 4) is 0 Å². The number of esters is 1. The molecule has 0 fully saturated rings. The predicted molar refractivity (Wildman–Crippen MR) is 88.6 cm³/mol. The summed E-state index contributed by atoms with van der Waals surface area (Å²) < 4.78 is 5.18. The van der Waals surface area contributed by atoms with Crippen LogP contribution in [0.2, 0.25) is 0 Å². The Hall–Kier alpha value is -2.02. The van der Waals surface area contributed by atoms with Gasteiger partial charge in [0.1, 0.15) is 0 Å². The van der Waals surface area contributed by atoms with Gasteiger partial charge in [0.15, 0.2) is 6.10 Å². The number of amides is 2. The molecule has 1 heterocycles. The molecule has 2 rings (SSSR count). The van der Waals surface area contributed by atoms with Crippen LogP contribution in [0, 0.1) is 0 Å². The second kappa shape index (κ2) is 7.50. The number of nitrogens with one attached hydrogen (secondary N) is 2. The summed E-state index contributed by atoms with van der Waals surface area (Å²) in [7, 11) is 0. The van der Waals surface area contributed by atoms with Crippen LogP contribution in [0.4, 0.5) is 5.69 Å². The molecule has 1 aromatic rings. The molecule has 2 amide bonds. The Kier molecular flexibility index (Phi) is 5.65. The molecular formula is C16H20N2O4S. The number of thioether (sulfide) groups is 1. The molecule has 124 valence electrons. The van der Waals surface area contributed by atoms with Crippen LogP contribution < -0.4 is 10.6 Å². The third-order valence-corrected chi connectivity index (χ3v) is 4.24. The van der Waals surface area contributed by atoms with Crippen LogP contribution in [0.25, 0.3) is 0 Å². The second-order valence-corrected chi connectivity index (χ2v) is 6.71. The molecule has 0 bridgehead atoms. The number of hydrogen-bond acceptors (Lipinski definition) is 5. The Morgan fingerprint density at radius 3 is 2.74 bits per heavy atom. The molecular weight excluding hydrogens is 316 g/mol. The van der Waals surface area contributed by atoms with Gasteiger partial charge >= 0.3 is 5.97 Å². The van der Waals surface area contributed by atoms with Gasteiger partial charge in [0.05, 0.1) is 11.3 Å². The van der Waals surface area contributed by atoms with E-state index in [-0.39, 0.29) is 17.9 Å². The van der Waals surface area contributed by atoms with Gasteiger partial charge in [-0.3, -0.25) is 9.59 Å². The zero-order valence-corrected chi connectivity index (χ0v) is 14.2. The number of carbonyl (C=O) groups excluding carboxylic acids is 3. The molecule has 1 aliphatic heterocycles. The van der Waals surface area contributed by atoms with Gasteiger partial charge in [-0.05, 0) is 39.0 Å². The number of hydrogen-bond donors (Lipinski definition) is 2. The van der Waals surface area contributed by atoms with Crippen molar-refractivity contribution in [1.29, 1.82) is 0 Å². The standard InChI is InChI=1S/C16H20N2O4S/c1-9(2)17-15(20)10(3)22-16(21)11-4-5-13-12(8-11)18-14(19)6-7-23-13/h4-5,8-10H,6-7H2,1-3H3,(H,17,20)(H,18,19)/t10-/m0/s1. The highest BCUT2D eigenvalue weighted by Crippen LogP contribution is 2.31. The predicted octanol–water partition coefficient (Wildman–Crippen LogP) is 2.19. The fourth-order valence-corrected chi connectivity index (χ4v) is 2.97. The Morgan fingerprint density at radius 2 is 2.04 bits per heavy atom. The van der Waals surface area contributed by atoms with Gasteiger partial charge in [0.25, 0.3) is 5.91 Å². The number of anilines is 1. The van der Waals surface area contributed by atoms with E-state index in [1.807, 2.05) is 13.8 Å². The van der Waals surface area contributed by atoms with Gasteiger partial charge in [-0.15, -0.1) is 11.8 Å². The molecule has 1 aliphatic rings. The third-order valence-electron chi connectivity index (χ3n) is 3.16. The maximum absolute atomic E-state index is 12.2. The number of ether oxygens (including phenoxy) is 1. The molecule has 23 heavy (non-hydrogen) atoms. The van der Waals surface area contributed by atoms with Crippen LogP contribution in [-0.2, 0) is 14.3 Å². The Labute approximate surface area is 139 Å². The van der Waals surface area contributed by atoms with Crippen LogP contribution in [0.15, 0.2) is 23.1 Å². The van der Waals surface area contributed by atoms with E-state index in [9.17, 15) is 14.4 Å². The lowest BCUT2D eigenvalue weighted by molar-refractivity contribution is -0.129. The SMILES string of the molecule is CC(C)NC(=O)[C@H](C)OC(=O)c1ccc2c(c1)NC(=O)CCS2. The highest BCUT2D eigenvalue weighted by atomic mass is 32.2. The van der Waals surface area contributed by atoms with Crippen LogP contribution >= 0.6 is 11.8 Å². The molecule has 7 heteroatoms. The minimum Gasteiger partial charge on any atom is -0.449 e. The zero-order chi connectivity index (χ0) is 17.0. The molecule has 0 saturated carbocycles. The van der Waals surface area contributed by atoms with Crippen LogP contribution in [0.3, 0.4) is 0 Å². The lowest BCUT2D eigenvalue weighted by Gasteiger charge is -2.16. The number of rotatable bonds is 4. The first-order chi connectivity index (χ1) is 10.9. The first-order valence-electron chi connectivity index (χ1n) is 7.45. The monoisotopic (exact) mass is 336 g/mol. The van der Waals surface area contributed by atoms with Crippen molar-refractivity contribution in [2.24, 2.45) is 0 Å². The van der Waals surface area contributed by atoms with E-state index >= 15 is 0 Å². The maximum Gasteiger partial charge on any atom is 0.338 e. The van der Waals surface area contributed by atoms with Gasteiger partial charge in [-0.2, -0.15) is 0 Å². The summed E-state index contributed by atoms with van der Waals surface area (Å²) >= 11 is 1.56. The topological polar surface area (TPSA) is 84.5 Å². The van der Waals surface area contributed by atoms with Crippen LogP contribution in [0.1, 0.15) is 37.6 Å². The highest BCUT2D eigenvalue weighted by molar-refractivity contribution is 7.99. The van der Waals surface area contributed by atoms with Crippen molar-refractivity contribution in [2.75, 3.05) is 11.1 Å². The van der Waals surface area contributed by atoms with Gasteiger partial charge in [-0.1, -0.05) is 0 Å².